The molecule has 0 unspecified atom stereocenters. The van der Waals surface area contributed by atoms with Crippen molar-refractivity contribution >= 4 is 24.3 Å². The topological polar surface area (TPSA) is 0 Å². The van der Waals surface area contributed by atoms with Crippen molar-refractivity contribution in [3.05, 3.63) is 59.7 Å². The fraction of sp³-hybridized carbons (Fsp3) is 0.263. The molecule has 1 aromatic rings. The van der Waals surface area contributed by atoms with Gasteiger partial charge in [-0.15, -0.1) is 0 Å². The van der Waals surface area contributed by atoms with Crippen LogP contribution in [0.2, 0.25) is 0 Å². The number of hydrogen-bond donors (Lipinski definition) is 0. The Morgan fingerprint density at radius 3 is 1.47 bits per heavy atom. The second-order valence-electron chi connectivity index (χ2n) is 3.56. The molecule has 0 aliphatic heterocycles. The van der Waals surface area contributed by atoms with Gasteiger partial charge in [-0.3, -0.25) is 0 Å². The Balaban J connectivity index is 0.000000741. The predicted molar refractivity (Wildman–Crippen MR) is 92.0 cm³/mol. The maximum absolute atomic E-state index is 3.82. The molecule has 0 bridgehead atoms. The first-order valence-corrected chi connectivity index (χ1v) is 7.11. The van der Waals surface area contributed by atoms with E-state index in [0.29, 0.717) is 0 Å². The van der Waals surface area contributed by atoms with Gasteiger partial charge in [-0.25, -0.2) is 0 Å². The Hall–Kier alpha value is -1.82. The molecule has 0 nitrogen and oxygen atoms in total. The summed E-state index contributed by atoms with van der Waals surface area (Å²) in [5, 5.41) is 0. The van der Waals surface area contributed by atoms with Crippen molar-refractivity contribution in [2.24, 2.45) is 0 Å². The Kier molecular flexibility index (Phi) is 9.16. The summed E-state index contributed by atoms with van der Waals surface area (Å²) < 4.78 is 0. The summed E-state index contributed by atoms with van der Waals surface area (Å²) in [4.78, 5) is 0. The van der Waals surface area contributed by atoms with E-state index < -0.39 is 0 Å². The van der Waals surface area contributed by atoms with Crippen molar-refractivity contribution in [2.45, 2.75) is 34.1 Å². The molecule has 19 heavy (non-hydrogen) atoms. The van der Waals surface area contributed by atoms with Gasteiger partial charge in [-0.05, 0) is 40.8 Å². The van der Waals surface area contributed by atoms with Crippen LogP contribution in [-0.2, 0) is 0 Å². The lowest BCUT2D eigenvalue weighted by atomic mass is 9.98. The first-order chi connectivity index (χ1) is 9.35. The average molecular weight is 254 g/mol. The van der Waals surface area contributed by atoms with E-state index >= 15 is 0 Å². The molecule has 0 atom stereocenters. The summed E-state index contributed by atoms with van der Waals surface area (Å²) in [7, 11) is 0. The van der Waals surface area contributed by atoms with Crippen LogP contribution in [0, 0.1) is 0 Å². The summed E-state index contributed by atoms with van der Waals surface area (Å²) in [6.45, 7) is 15.6. The molecule has 0 amide bonds. The van der Waals surface area contributed by atoms with Crippen LogP contribution in [0.4, 0.5) is 0 Å². The van der Waals surface area contributed by atoms with Crippen LogP contribution >= 0.6 is 0 Å². The van der Waals surface area contributed by atoms with E-state index in [0.717, 1.165) is 17.5 Å². The van der Waals surface area contributed by atoms with Crippen LogP contribution in [-0.4, -0.2) is 0 Å². The minimum Gasteiger partial charge on any atom is -0.0984 e. The molecular formula is C19H26. The minimum atomic E-state index is 1.00. The second kappa shape index (κ2) is 10.1. The van der Waals surface area contributed by atoms with E-state index in [4.69, 9.17) is 0 Å². The lowest BCUT2D eigenvalue weighted by Gasteiger charge is -2.06. The zero-order valence-electron chi connectivity index (χ0n) is 12.7. The molecule has 1 aliphatic rings. The molecule has 2 rings (SSSR count). The Bertz CT molecular complexity index is 416. The van der Waals surface area contributed by atoms with E-state index in [9.17, 15) is 0 Å². The quantitative estimate of drug-likeness (QED) is 0.568. The Morgan fingerprint density at radius 2 is 1.16 bits per heavy atom. The summed E-state index contributed by atoms with van der Waals surface area (Å²) in [6, 6.07) is 4.32. The van der Waals surface area contributed by atoms with Gasteiger partial charge in [0.05, 0.1) is 0 Å². The summed E-state index contributed by atoms with van der Waals surface area (Å²) in [5.74, 6) is 0. The average Bonchev–Trinajstić information content (AvgIpc) is 2.74. The highest BCUT2D eigenvalue weighted by Gasteiger charge is 2.03. The van der Waals surface area contributed by atoms with Crippen LogP contribution in [0.5, 0.6) is 0 Å². The van der Waals surface area contributed by atoms with Gasteiger partial charge < -0.3 is 0 Å². The predicted octanol–water partition coefficient (Wildman–Crippen LogP) is 6.46. The van der Waals surface area contributed by atoms with Gasteiger partial charge in [0.25, 0.3) is 0 Å². The smallest absolute Gasteiger partial charge is 0.0162 e. The van der Waals surface area contributed by atoms with Gasteiger partial charge in [-0.1, -0.05) is 77.3 Å². The normalized spacial score (nSPS) is 10.9. The van der Waals surface area contributed by atoms with Crippen molar-refractivity contribution in [1.82, 2.24) is 0 Å². The molecular weight excluding hydrogens is 228 g/mol. The standard InChI is InChI=1S/C15H14.2C2H6/c1-3-12-10-14-8-6-5-7-9-15(14)11-13(12)4-2;2*1-2/h3-4,6-11H,1-2,5H2;2*1-2H3. The molecule has 0 saturated carbocycles. The highest BCUT2D eigenvalue weighted by atomic mass is 14.1. The molecule has 1 aliphatic carbocycles. The summed E-state index contributed by atoms with van der Waals surface area (Å²) in [5.41, 5.74) is 4.79. The summed E-state index contributed by atoms with van der Waals surface area (Å²) in [6.07, 6.45) is 13.4. The fourth-order valence-electron chi connectivity index (χ4n) is 1.78. The van der Waals surface area contributed by atoms with Crippen molar-refractivity contribution in [2.75, 3.05) is 0 Å². The van der Waals surface area contributed by atoms with Gasteiger partial charge in [0.1, 0.15) is 0 Å². The van der Waals surface area contributed by atoms with Crippen LogP contribution < -0.4 is 0 Å². The lowest BCUT2D eigenvalue weighted by molar-refractivity contribution is 1.44. The number of hydrogen-bond acceptors (Lipinski definition) is 0. The van der Waals surface area contributed by atoms with E-state index in [1.807, 2.05) is 39.8 Å². The molecule has 0 spiro atoms. The highest BCUT2D eigenvalue weighted by molar-refractivity contribution is 5.75. The fourth-order valence-corrected chi connectivity index (χ4v) is 1.78. The first kappa shape index (κ1) is 17.2. The molecule has 1 aromatic carbocycles. The van der Waals surface area contributed by atoms with Gasteiger partial charge in [-0.2, -0.15) is 0 Å². The summed E-state index contributed by atoms with van der Waals surface area (Å²) >= 11 is 0. The second-order valence-corrected chi connectivity index (χ2v) is 3.56. The molecule has 0 heteroatoms. The molecule has 0 saturated heterocycles. The maximum Gasteiger partial charge on any atom is -0.0162 e. The van der Waals surface area contributed by atoms with Crippen LogP contribution in [0.3, 0.4) is 0 Å². The number of rotatable bonds is 2. The van der Waals surface area contributed by atoms with Crippen LogP contribution in [0.15, 0.2) is 37.4 Å². The Morgan fingerprint density at radius 1 is 0.789 bits per heavy atom. The minimum absolute atomic E-state index is 1.00. The molecule has 0 radical (unpaired) electrons. The van der Waals surface area contributed by atoms with Crippen LogP contribution in [0.1, 0.15) is 56.4 Å². The van der Waals surface area contributed by atoms with Crippen molar-refractivity contribution in [3.8, 4) is 0 Å². The van der Waals surface area contributed by atoms with Crippen LogP contribution in [0.25, 0.3) is 24.3 Å². The van der Waals surface area contributed by atoms with E-state index in [2.05, 4.69) is 49.6 Å². The van der Waals surface area contributed by atoms with Crippen molar-refractivity contribution in [3.63, 3.8) is 0 Å². The molecule has 0 N–H and O–H groups in total. The van der Waals surface area contributed by atoms with Gasteiger partial charge in [0.2, 0.25) is 0 Å². The van der Waals surface area contributed by atoms with Crippen molar-refractivity contribution < 1.29 is 0 Å². The van der Waals surface area contributed by atoms with Gasteiger partial charge >= 0.3 is 0 Å². The third-order valence-corrected chi connectivity index (χ3v) is 2.60. The van der Waals surface area contributed by atoms with Gasteiger partial charge in [0.15, 0.2) is 0 Å². The maximum atomic E-state index is 3.82. The van der Waals surface area contributed by atoms with Gasteiger partial charge in [0, 0.05) is 0 Å². The zero-order chi connectivity index (χ0) is 14.7. The largest absolute Gasteiger partial charge is 0.0984 e. The van der Waals surface area contributed by atoms with E-state index in [1.54, 1.807) is 0 Å². The number of benzene rings is 1. The molecule has 0 fully saturated rings. The van der Waals surface area contributed by atoms with E-state index in [1.165, 1.54) is 11.1 Å². The third-order valence-electron chi connectivity index (χ3n) is 2.60. The number of allylic oxidation sites excluding steroid dienone is 2. The Labute approximate surface area is 118 Å². The van der Waals surface area contributed by atoms with E-state index in [-0.39, 0.29) is 0 Å². The lowest BCUT2D eigenvalue weighted by Crippen LogP contribution is -1.87. The third kappa shape index (κ3) is 4.75. The monoisotopic (exact) mass is 254 g/mol. The SMILES string of the molecule is C=Cc1cc2c(cc1C=C)C=CCC=C2.CC.CC. The molecule has 102 valence electrons. The first-order valence-electron chi connectivity index (χ1n) is 7.11. The molecule has 0 aromatic heterocycles. The van der Waals surface area contributed by atoms with Crippen molar-refractivity contribution in [1.29, 1.82) is 0 Å². The number of fused-ring (bicyclic) bond motifs is 1. The highest BCUT2D eigenvalue weighted by Crippen LogP contribution is 2.23. The molecule has 0 heterocycles. The zero-order valence-corrected chi connectivity index (χ0v) is 12.7.